The van der Waals surface area contributed by atoms with E-state index in [9.17, 15) is 13.2 Å². The van der Waals surface area contributed by atoms with Gasteiger partial charge in [-0.2, -0.15) is 0 Å². The van der Waals surface area contributed by atoms with Gasteiger partial charge in [0.25, 0.3) is 5.91 Å². The van der Waals surface area contributed by atoms with Gasteiger partial charge in [-0.1, -0.05) is 77.5 Å². The SMILES string of the molecule is CCC(c1ccccc1)S(=O)(=O)NC(=O)c1cccc2c(Br)cccc12. The zero-order valence-corrected chi connectivity index (χ0v) is 16.5. The van der Waals surface area contributed by atoms with E-state index in [1.165, 1.54) is 0 Å². The van der Waals surface area contributed by atoms with Crippen LogP contribution in [-0.4, -0.2) is 14.3 Å². The highest BCUT2D eigenvalue weighted by molar-refractivity contribution is 9.10. The van der Waals surface area contributed by atoms with Crippen LogP contribution in [0.2, 0.25) is 0 Å². The molecule has 0 aliphatic rings. The van der Waals surface area contributed by atoms with Crippen LogP contribution in [0.1, 0.15) is 34.5 Å². The van der Waals surface area contributed by atoms with Gasteiger partial charge in [0.1, 0.15) is 5.25 Å². The average Bonchev–Trinajstić information content (AvgIpc) is 2.62. The first kappa shape index (κ1) is 18.6. The highest BCUT2D eigenvalue weighted by Crippen LogP contribution is 2.28. The summed E-state index contributed by atoms with van der Waals surface area (Å²) in [6.07, 6.45) is 0.369. The van der Waals surface area contributed by atoms with E-state index >= 15 is 0 Å². The highest BCUT2D eigenvalue weighted by atomic mass is 79.9. The summed E-state index contributed by atoms with van der Waals surface area (Å²) >= 11 is 3.46. The molecule has 1 amide bonds. The van der Waals surface area contributed by atoms with Crippen LogP contribution < -0.4 is 4.72 Å². The number of rotatable bonds is 5. The molecule has 3 aromatic carbocycles. The van der Waals surface area contributed by atoms with Crippen molar-refractivity contribution in [1.29, 1.82) is 0 Å². The van der Waals surface area contributed by atoms with Gasteiger partial charge in [0.2, 0.25) is 10.0 Å². The molecular weight excluding hydrogens is 414 g/mol. The lowest BCUT2D eigenvalue weighted by Gasteiger charge is -2.17. The predicted octanol–water partition coefficient (Wildman–Crippen LogP) is 4.81. The molecule has 26 heavy (non-hydrogen) atoms. The minimum atomic E-state index is -3.86. The molecule has 0 bridgehead atoms. The third kappa shape index (κ3) is 3.66. The predicted molar refractivity (Wildman–Crippen MR) is 108 cm³/mol. The van der Waals surface area contributed by atoms with Crippen LogP contribution >= 0.6 is 15.9 Å². The Morgan fingerprint density at radius 3 is 2.31 bits per heavy atom. The lowest BCUT2D eigenvalue weighted by molar-refractivity contribution is 0.0982. The molecule has 0 fully saturated rings. The summed E-state index contributed by atoms with van der Waals surface area (Å²) in [5.74, 6) is -0.622. The second kappa shape index (κ2) is 7.60. The molecule has 0 saturated heterocycles. The Hall–Kier alpha value is -2.18. The number of amides is 1. The van der Waals surface area contributed by atoms with Crippen molar-refractivity contribution in [3.63, 3.8) is 0 Å². The van der Waals surface area contributed by atoms with Crippen molar-refractivity contribution in [2.45, 2.75) is 18.6 Å². The second-order valence-corrected chi connectivity index (χ2v) is 8.64. The summed E-state index contributed by atoms with van der Waals surface area (Å²) in [4.78, 5) is 12.7. The Kier molecular flexibility index (Phi) is 5.44. The fourth-order valence-electron chi connectivity index (χ4n) is 3.03. The maximum atomic E-state index is 12.8. The normalized spacial score (nSPS) is 12.7. The number of nitrogens with one attached hydrogen (secondary N) is 1. The van der Waals surface area contributed by atoms with Gasteiger partial charge in [-0.15, -0.1) is 0 Å². The Morgan fingerprint density at radius 1 is 0.962 bits per heavy atom. The van der Waals surface area contributed by atoms with Gasteiger partial charge in [0.05, 0.1) is 0 Å². The highest BCUT2D eigenvalue weighted by Gasteiger charge is 2.28. The monoisotopic (exact) mass is 431 g/mol. The van der Waals surface area contributed by atoms with Gasteiger partial charge >= 0.3 is 0 Å². The van der Waals surface area contributed by atoms with E-state index in [4.69, 9.17) is 0 Å². The molecule has 1 N–H and O–H groups in total. The number of fused-ring (bicyclic) bond motifs is 1. The van der Waals surface area contributed by atoms with Gasteiger partial charge in [-0.05, 0) is 34.9 Å². The minimum absolute atomic E-state index is 0.329. The molecule has 0 aromatic heterocycles. The maximum Gasteiger partial charge on any atom is 0.265 e. The van der Waals surface area contributed by atoms with Crippen LogP contribution in [-0.2, 0) is 10.0 Å². The standard InChI is InChI=1S/C20H18BrNO3S/c1-2-19(14-8-4-3-5-9-14)26(24,25)22-20(23)17-12-6-11-16-15(17)10-7-13-18(16)21/h3-13,19H,2H2,1H3,(H,22,23). The first-order valence-electron chi connectivity index (χ1n) is 8.22. The van der Waals surface area contributed by atoms with E-state index in [1.807, 2.05) is 24.3 Å². The third-order valence-electron chi connectivity index (χ3n) is 4.27. The van der Waals surface area contributed by atoms with Crippen molar-refractivity contribution in [2.75, 3.05) is 0 Å². The van der Waals surface area contributed by atoms with Gasteiger partial charge in [-0.3, -0.25) is 4.79 Å². The van der Waals surface area contributed by atoms with Crippen LogP contribution in [0.3, 0.4) is 0 Å². The maximum absolute atomic E-state index is 12.8. The number of carbonyl (C=O) groups is 1. The Morgan fingerprint density at radius 2 is 1.62 bits per heavy atom. The summed E-state index contributed by atoms with van der Waals surface area (Å²) in [5, 5.41) is 0.768. The summed E-state index contributed by atoms with van der Waals surface area (Å²) in [6, 6.07) is 19.7. The second-order valence-electron chi connectivity index (χ2n) is 5.92. The molecule has 4 nitrogen and oxygen atoms in total. The number of hydrogen-bond donors (Lipinski definition) is 1. The van der Waals surface area contributed by atoms with Crippen molar-refractivity contribution < 1.29 is 13.2 Å². The summed E-state index contributed by atoms with van der Waals surface area (Å²) < 4.78 is 28.7. The van der Waals surface area contributed by atoms with Crippen LogP contribution in [0.4, 0.5) is 0 Å². The van der Waals surface area contributed by atoms with Crippen LogP contribution in [0, 0.1) is 0 Å². The zero-order valence-electron chi connectivity index (χ0n) is 14.1. The lowest BCUT2D eigenvalue weighted by atomic mass is 10.0. The van der Waals surface area contributed by atoms with Crippen LogP contribution in [0.25, 0.3) is 10.8 Å². The first-order valence-corrected chi connectivity index (χ1v) is 10.6. The Bertz CT molecular complexity index is 1050. The van der Waals surface area contributed by atoms with E-state index in [1.54, 1.807) is 49.4 Å². The van der Waals surface area contributed by atoms with Gasteiger partial charge < -0.3 is 0 Å². The number of hydrogen-bond acceptors (Lipinski definition) is 3. The topological polar surface area (TPSA) is 63.2 Å². The number of sulfonamides is 1. The van der Waals surface area contributed by atoms with Crippen molar-refractivity contribution >= 4 is 42.6 Å². The molecular formula is C20H18BrNO3S. The molecule has 6 heteroatoms. The van der Waals surface area contributed by atoms with Gasteiger partial charge in [0, 0.05) is 10.0 Å². The third-order valence-corrected chi connectivity index (χ3v) is 6.78. The first-order chi connectivity index (χ1) is 12.4. The Balaban J connectivity index is 1.96. The number of benzene rings is 3. The minimum Gasteiger partial charge on any atom is -0.268 e. The zero-order chi connectivity index (χ0) is 18.7. The molecule has 0 saturated carbocycles. The molecule has 134 valence electrons. The smallest absolute Gasteiger partial charge is 0.265 e. The molecule has 0 aliphatic carbocycles. The Labute approximate surface area is 161 Å². The molecule has 0 aliphatic heterocycles. The number of halogens is 1. The van der Waals surface area contributed by atoms with Crippen LogP contribution in [0.15, 0.2) is 71.2 Å². The van der Waals surface area contributed by atoms with Crippen molar-refractivity contribution in [2.24, 2.45) is 0 Å². The molecule has 0 heterocycles. The fourth-order valence-corrected chi connectivity index (χ4v) is 4.99. The molecule has 0 radical (unpaired) electrons. The van der Waals surface area contributed by atoms with E-state index in [-0.39, 0.29) is 0 Å². The largest absolute Gasteiger partial charge is 0.268 e. The average molecular weight is 432 g/mol. The molecule has 1 atom stereocenters. The quantitative estimate of drug-likeness (QED) is 0.629. The number of carbonyl (C=O) groups excluding carboxylic acids is 1. The summed E-state index contributed by atoms with van der Waals surface area (Å²) in [5.41, 5.74) is 0.992. The summed E-state index contributed by atoms with van der Waals surface area (Å²) in [7, 11) is -3.86. The van der Waals surface area contributed by atoms with E-state index in [2.05, 4.69) is 20.7 Å². The van der Waals surface area contributed by atoms with Crippen molar-refractivity contribution in [3.05, 3.63) is 82.3 Å². The van der Waals surface area contributed by atoms with Crippen molar-refractivity contribution in [3.8, 4) is 0 Å². The van der Waals surface area contributed by atoms with E-state index < -0.39 is 21.2 Å². The molecule has 1 unspecified atom stereocenters. The van der Waals surface area contributed by atoms with Crippen molar-refractivity contribution in [1.82, 2.24) is 4.72 Å². The van der Waals surface area contributed by atoms with Gasteiger partial charge in [0.15, 0.2) is 0 Å². The molecule has 0 spiro atoms. The fraction of sp³-hybridized carbons (Fsp3) is 0.150. The lowest BCUT2D eigenvalue weighted by Crippen LogP contribution is -2.34. The van der Waals surface area contributed by atoms with E-state index in [0.717, 1.165) is 9.86 Å². The van der Waals surface area contributed by atoms with Gasteiger partial charge in [-0.25, -0.2) is 13.1 Å². The summed E-state index contributed by atoms with van der Waals surface area (Å²) in [6.45, 7) is 1.79. The molecule has 3 aromatic rings. The van der Waals surface area contributed by atoms with Crippen LogP contribution in [0.5, 0.6) is 0 Å². The van der Waals surface area contributed by atoms with E-state index in [0.29, 0.717) is 22.9 Å². The molecule has 3 rings (SSSR count).